The van der Waals surface area contributed by atoms with Crippen molar-refractivity contribution < 1.29 is 14.7 Å². The fraction of sp³-hybridized carbons (Fsp3) is 0.562. The van der Waals surface area contributed by atoms with Gasteiger partial charge in [0.15, 0.2) is 17.3 Å². The Balaban J connectivity index is 2.74. The van der Waals surface area contributed by atoms with Crippen LogP contribution in [0.5, 0.6) is 11.5 Å². The van der Waals surface area contributed by atoms with Crippen molar-refractivity contribution in [3.63, 3.8) is 0 Å². The molecule has 0 aliphatic carbocycles. The molecule has 1 rings (SSSR count). The summed E-state index contributed by atoms with van der Waals surface area (Å²) in [6, 6.07) is 5.25. The fourth-order valence-corrected chi connectivity index (χ4v) is 2.11. The molecule has 0 bridgehead atoms. The van der Waals surface area contributed by atoms with E-state index in [1.807, 2.05) is 0 Å². The lowest BCUT2D eigenvalue weighted by molar-refractivity contribution is 0.224. The van der Waals surface area contributed by atoms with Gasteiger partial charge in [-0.15, -0.1) is 0 Å². The van der Waals surface area contributed by atoms with E-state index in [1.165, 1.54) is 19.3 Å². The summed E-state index contributed by atoms with van der Waals surface area (Å²) in [5.74, 6) is 1.87. The van der Waals surface area contributed by atoms with E-state index in [1.54, 1.807) is 25.3 Å². The standard InChI is InChI=1S/C16H26N2O3/c1-4-6-7-12(5-2)11-21-14-9-8-13(16(17)18-19)10-15(14)20-3/h8-10,12,19H,4-7,11H2,1-3H3,(H2,17,18). The zero-order valence-corrected chi connectivity index (χ0v) is 13.1. The normalized spacial score (nSPS) is 13.0. The Hall–Kier alpha value is -1.91. The van der Waals surface area contributed by atoms with Crippen LogP contribution in [0.15, 0.2) is 23.4 Å². The summed E-state index contributed by atoms with van der Waals surface area (Å²) in [6.45, 7) is 5.06. The number of nitrogens with two attached hydrogens (primary N) is 1. The van der Waals surface area contributed by atoms with Crippen LogP contribution in [0.2, 0.25) is 0 Å². The Labute approximate surface area is 126 Å². The molecule has 21 heavy (non-hydrogen) atoms. The lowest BCUT2D eigenvalue weighted by Gasteiger charge is -2.17. The first-order chi connectivity index (χ1) is 10.2. The molecule has 0 fully saturated rings. The average Bonchev–Trinajstić information content (AvgIpc) is 2.54. The third-order valence-corrected chi connectivity index (χ3v) is 3.58. The van der Waals surface area contributed by atoms with Crippen LogP contribution in [-0.4, -0.2) is 24.8 Å². The number of benzene rings is 1. The van der Waals surface area contributed by atoms with E-state index in [4.69, 9.17) is 20.4 Å². The summed E-state index contributed by atoms with van der Waals surface area (Å²) in [7, 11) is 1.58. The maximum atomic E-state index is 8.70. The molecule has 1 aromatic rings. The van der Waals surface area contributed by atoms with Gasteiger partial charge in [-0.1, -0.05) is 38.3 Å². The summed E-state index contributed by atoms with van der Waals surface area (Å²) < 4.78 is 11.2. The van der Waals surface area contributed by atoms with Gasteiger partial charge in [-0.2, -0.15) is 0 Å². The third kappa shape index (κ3) is 5.17. The second-order valence-corrected chi connectivity index (χ2v) is 5.08. The highest BCUT2D eigenvalue weighted by Gasteiger charge is 2.11. The van der Waals surface area contributed by atoms with Gasteiger partial charge in [-0.05, 0) is 30.5 Å². The molecule has 0 amide bonds. The Kier molecular flexibility index (Phi) is 7.43. The Bertz CT molecular complexity index is 461. The first kappa shape index (κ1) is 17.1. The molecular weight excluding hydrogens is 268 g/mol. The first-order valence-electron chi connectivity index (χ1n) is 7.44. The number of hydrogen-bond acceptors (Lipinski definition) is 4. The number of ether oxygens (including phenoxy) is 2. The molecule has 0 aliphatic heterocycles. The van der Waals surface area contributed by atoms with Crippen LogP contribution in [0.1, 0.15) is 45.1 Å². The Morgan fingerprint density at radius 3 is 2.67 bits per heavy atom. The molecule has 0 aliphatic rings. The maximum absolute atomic E-state index is 8.70. The lowest BCUT2D eigenvalue weighted by Crippen LogP contribution is -2.14. The van der Waals surface area contributed by atoms with Crippen molar-refractivity contribution in [1.29, 1.82) is 0 Å². The highest BCUT2D eigenvalue weighted by atomic mass is 16.5. The van der Waals surface area contributed by atoms with Gasteiger partial charge in [0.05, 0.1) is 13.7 Å². The highest BCUT2D eigenvalue weighted by Crippen LogP contribution is 2.29. The van der Waals surface area contributed by atoms with Gasteiger partial charge in [0.1, 0.15) is 0 Å². The largest absolute Gasteiger partial charge is 0.493 e. The predicted octanol–water partition coefficient (Wildman–Crippen LogP) is 3.38. The minimum atomic E-state index is 0.0502. The number of oxime groups is 1. The van der Waals surface area contributed by atoms with Gasteiger partial charge in [0, 0.05) is 5.56 Å². The van der Waals surface area contributed by atoms with Crippen LogP contribution in [-0.2, 0) is 0 Å². The zero-order chi connectivity index (χ0) is 15.7. The van der Waals surface area contributed by atoms with Gasteiger partial charge < -0.3 is 20.4 Å². The van der Waals surface area contributed by atoms with Gasteiger partial charge in [0.25, 0.3) is 0 Å². The van der Waals surface area contributed by atoms with Gasteiger partial charge in [0.2, 0.25) is 0 Å². The highest BCUT2D eigenvalue weighted by molar-refractivity contribution is 5.97. The van der Waals surface area contributed by atoms with Crippen LogP contribution in [0, 0.1) is 5.92 Å². The molecule has 0 saturated carbocycles. The van der Waals surface area contributed by atoms with Crippen LogP contribution < -0.4 is 15.2 Å². The number of rotatable bonds is 9. The van der Waals surface area contributed by atoms with Crippen molar-refractivity contribution >= 4 is 5.84 Å². The number of methoxy groups -OCH3 is 1. The van der Waals surface area contributed by atoms with Gasteiger partial charge in [-0.3, -0.25) is 0 Å². The van der Waals surface area contributed by atoms with Crippen LogP contribution in [0.4, 0.5) is 0 Å². The van der Waals surface area contributed by atoms with Crippen LogP contribution >= 0.6 is 0 Å². The van der Waals surface area contributed by atoms with E-state index in [9.17, 15) is 0 Å². The average molecular weight is 294 g/mol. The summed E-state index contributed by atoms with van der Waals surface area (Å²) >= 11 is 0. The van der Waals surface area contributed by atoms with Crippen molar-refractivity contribution in [2.45, 2.75) is 39.5 Å². The second-order valence-electron chi connectivity index (χ2n) is 5.08. The van der Waals surface area contributed by atoms with Crippen molar-refractivity contribution in [2.24, 2.45) is 16.8 Å². The van der Waals surface area contributed by atoms with E-state index >= 15 is 0 Å². The van der Waals surface area contributed by atoms with Gasteiger partial charge >= 0.3 is 0 Å². The molecule has 0 spiro atoms. The van der Waals surface area contributed by atoms with Crippen LogP contribution in [0.3, 0.4) is 0 Å². The predicted molar refractivity (Wildman–Crippen MR) is 84.3 cm³/mol. The van der Waals surface area contributed by atoms with E-state index in [2.05, 4.69) is 19.0 Å². The molecule has 0 aromatic heterocycles. The van der Waals surface area contributed by atoms with Crippen molar-refractivity contribution in [3.8, 4) is 11.5 Å². The molecule has 0 saturated heterocycles. The van der Waals surface area contributed by atoms with Gasteiger partial charge in [-0.25, -0.2) is 0 Å². The smallest absolute Gasteiger partial charge is 0.170 e. The SMILES string of the molecule is CCCCC(CC)COc1ccc(C(N)=NO)cc1OC. The van der Waals surface area contributed by atoms with E-state index in [-0.39, 0.29) is 5.84 Å². The zero-order valence-electron chi connectivity index (χ0n) is 13.1. The topological polar surface area (TPSA) is 77.1 Å². The number of nitrogens with zero attached hydrogens (tertiary/aromatic N) is 1. The molecule has 5 heteroatoms. The number of hydrogen-bond donors (Lipinski definition) is 2. The van der Waals surface area contributed by atoms with E-state index < -0.39 is 0 Å². The second kappa shape index (κ2) is 9.10. The summed E-state index contributed by atoms with van der Waals surface area (Å²) in [6.07, 6.45) is 4.71. The Morgan fingerprint density at radius 1 is 1.33 bits per heavy atom. The molecule has 1 atom stereocenters. The molecule has 118 valence electrons. The summed E-state index contributed by atoms with van der Waals surface area (Å²) in [5.41, 5.74) is 6.17. The van der Waals surface area contributed by atoms with Crippen molar-refractivity contribution in [3.05, 3.63) is 23.8 Å². The first-order valence-corrected chi connectivity index (χ1v) is 7.44. The Morgan fingerprint density at radius 2 is 2.10 bits per heavy atom. The molecular formula is C16H26N2O3. The molecule has 3 N–H and O–H groups in total. The third-order valence-electron chi connectivity index (χ3n) is 3.58. The summed E-state index contributed by atoms with van der Waals surface area (Å²) in [5, 5.41) is 11.7. The van der Waals surface area contributed by atoms with E-state index in [0.717, 1.165) is 6.42 Å². The maximum Gasteiger partial charge on any atom is 0.170 e. The minimum absolute atomic E-state index is 0.0502. The quantitative estimate of drug-likeness (QED) is 0.317. The molecule has 1 aromatic carbocycles. The lowest BCUT2D eigenvalue weighted by atomic mass is 10.0. The number of unbranched alkanes of at least 4 members (excludes halogenated alkanes) is 1. The molecule has 5 nitrogen and oxygen atoms in total. The molecule has 0 heterocycles. The monoisotopic (exact) mass is 294 g/mol. The van der Waals surface area contributed by atoms with E-state index in [0.29, 0.717) is 29.6 Å². The molecule has 0 radical (unpaired) electrons. The number of amidine groups is 1. The summed E-state index contributed by atoms with van der Waals surface area (Å²) in [4.78, 5) is 0. The molecule has 1 unspecified atom stereocenters. The fourth-order valence-electron chi connectivity index (χ4n) is 2.11. The van der Waals surface area contributed by atoms with Crippen molar-refractivity contribution in [1.82, 2.24) is 0 Å². The van der Waals surface area contributed by atoms with Crippen molar-refractivity contribution in [2.75, 3.05) is 13.7 Å². The van der Waals surface area contributed by atoms with Crippen LogP contribution in [0.25, 0.3) is 0 Å². The minimum Gasteiger partial charge on any atom is -0.493 e.